The Hall–Kier alpha value is -0.120. The molecule has 0 aromatic heterocycles. The van der Waals surface area contributed by atoms with Crippen LogP contribution in [0.25, 0.3) is 0 Å². The van der Waals surface area contributed by atoms with Crippen LogP contribution >= 0.6 is 0 Å². The van der Waals surface area contributed by atoms with Crippen molar-refractivity contribution in [3.8, 4) is 0 Å². The molecule has 102 valence electrons. The van der Waals surface area contributed by atoms with Crippen LogP contribution in [0.1, 0.15) is 40.0 Å². The Labute approximate surface area is 107 Å². The van der Waals surface area contributed by atoms with Gasteiger partial charge >= 0.3 is 0 Å². The third-order valence-corrected chi connectivity index (χ3v) is 3.72. The molecule has 1 saturated heterocycles. The number of nitrogens with zero attached hydrogens (tertiary/aromatic N) is 1. The van der Waals surface area contributed by atoms with E-state index >= 15 is 0 Å². The van der Waals surface area contributed by atoms with Crippen molar-refractivity contribution >= 4 is 0 Å². The summed E-state index contributed by atoms with van der Waals surface area (Å²) >= 11 is 0. The maximum absolute atomic E-state index is 5.44. The van der Waals surface area contributed by atoms with Gasteiger partial charge in [0.2, 0.25) is 0 Å². The summed E-state index contributed by atoms with van der Waals surface area (Å²) in [5.74, 6) is 0.817. The number of likely N-dealkylation sites (tertiary alicyclic amines) is 1. The zero-order valence-corrected chi connectivity index (χ0v) is 11.9. The lowest BCUT2D eigenvalue weighted by Crippen LogP contribution is -2.45. The summed E-state index contributed by atoms with van der Waals surface area (Å²) < 4.78 is 5.44. The van der Waals surface area contributed by atoms with Crippen molar-refractivity contribution in [2.24, 2.45) is 5.92 Å². The zero-order valence-electron chi connectivity index (χ0n) is 11.9. The molecule has 0 aliphatic carbocycles. The minimum Gasteiger partial charge on any atom is -0.380 e. The fraction of sp³-hybridized carbons (Fsp3) is 1.00. The van der Waals surface area contributed by atoms with E-state index in [0.29, 0.717) is 6.04 Å². The van der Waals surface area contributed by atoms with Gasteiger partial charge in [0.1, 0.15) is 0 Å². The number of hydrogen-bond donors (Lipinski definition) is 1. The normalized spacial score (nSPS) is 23.8. The molecule has 17 heavy (non-hydrogen) atoms. The van der Waals surface area contributed by atoms with Gasteiger partial charge in [0.25, 0.3) is 0 Å². The first-order chi connectivity index (χ1) is 8.27. The topological polar surface area (TPSA) is 24.5 Å². The lowest BCUT2D eigenvalue weighted by Gasteiger charge is -2.36. The summed E-state index contributed by atoms with van der Waals surface area (Å²) in [6.45, 7) is 13.1. The monoisotopic (exact) mass is 242 g/mol. The van der Waals surface area contributed by atoms with E-state index in [4.69, 9.17) is 4.74 Å². The lowest BCUT2D eigenvalue weighted by atomic mass is 9.91. The smallest absolute Gasteiger partial charge is 0.0593 e. The summed E-state index contributed by atoms with van der Waals surface area (Å²) in [7, 11) is 0. The van der Waals surface area contributed by atoms with Crippen molar-refractivity contribution in [3.63, 3.8) is 0 Å². The molecule has 0 amide bonds. The maximum Gasteiger partial charge on any atom is 0.0593 e. The van der Waals surface area contributed by atoms with Crippen molar-refractivity contribution < 1.29 is 4.74 Å². The van der Waals surface area contributed by atoms with E-state index in [2.05, 4.69) is 31.0 Å². The minimum atomic E-state index is 0.657. The summed E-state index contributed by atoms with van der Waals surface area (Å²) in [5, 5.41) is 3.63. The summed E-state index contributed by atoms with van der Waals surface area (Å²) in [5.41, 5.74) is 0. The summed E-state index contributed by atoms with van der Waals surface area (Å²) in [6, 6.07) is 0.657. The fourth-order valence-electron chi connectivity index (χ4n) is 2.58. The van der Waals surface area contributed by atoms with Crippen LogP contribution in [-0.2, 0) is 4.74 Å². The van der Waals surface area contributed by atoms with Crippen LogP contribution in [-0.4, -0.2) is 50.3 Å². The average molecular weight is 242 g/mol. The highest BCUT2D eigenvalue weighted by Crippen LogP contribution is 2.19. The van der Waals surface area contributed by atoms with Crippen LogP contribution in [0.15, 0.2) is 0 Å². The van der Waals surface area contributed by atoms with Gasteiger partial charge in [-0.3, -0.25) is 0 Å². The second-order valence-corrected chi connectivity index (χ2v) is 5.14. The lowest BCUT2D eigenvalue weighted by molar-refractivity contribution is 0.0853. The molecule has 0 radical (unpaired) electrons. The van der Waals surface area contributed by atoms with Crippen LogP contribution in [0.2, 0.25) is 0 Å². The molecule has 3 heteroatoms. The van der Waals surface area contributed by atoms with Gasteiger partial charge < -0.3 is 15.0 Å². The van der Waals surface area contributed by atoms with Crippen molar-refractivity contribution in [2.75, 3.05) is 39.4 Å². The van der Waals surface area contributed by atoms with E-state index in [-0.39, 0.29) is 0 Å². The third kappa shape index (κ3) is 5.84. The second-order valence-electron chi connectivity index (χ2n) is 5.14. The van der Waals surface area contributed by atoms with Gasteiger partial charge in [-0.15, -0.1) is 0 Å². The number of hydrogen-bond acceptors (Lipinski definition) is 3. The van der Waals surface area contributed by atoms with Crippen molar-refractivity contribution in [1.29, 1.82) is 0 Å². The first kappa shape index (κ1) is 14.9. The van der Waals surface area contributed by atoms with E-state index in [9.17, 15) is 0 Å². The van der Waals surface area contributed by atoms with Crippen molar-refractivity contribution in [3.05, 3.63) is 0 Å². The molecular formula is C14H30N2O. The Morgan fingerprint density at radius 1 is 1.41 bits per heavy atom. The van der Waals surface area contributed by atoms with Gasteiger partial charge in [0.05, 0.1) is 6.61 Å². The SMILES string of the molecule is CCCNC(C)C1CCCN(CCOCC)C1. The molecule has 2 atom stereocenters. The van der Waals surface area contributed by atoms with E-state index in [0.717, 1.165) is 32.2 Å². The minimum absolute atomic E-state index is 0.657. The van der Waals surface area contributed by atoms with Crippen LogP contribution in [0.3, 0.4) is 0 Å². The Kier molecular flexibility index (Phi) is 7.82. The molecule has 0 aromatic carbocycles. The first-order valence-corrected chi connectivity index (χ1v) is 7.31. The molecule has 1 aliphatic heterocycles. The summed E-state index contributed by atoms with van der Waals surface area (Å²) in [4.78, 5) is 2.56. The highest BCUT2D eigenvalue weighted by molar-refractivity contribution is 4.80. The summed E-state index contributed by atoms with van der Waals surface area (Å²) in [6.07, 6.45) is 3.95. The van der Waals surface area contributed by atoms with Gasteiger partial charge in [0, 0.05) is 25.7 Å². The van der Waals surface area contributed by atoms with E-state index in [1.807, 2.05) is 0 Å². The van der Waals surface area contributed by atoms with Crippen LogP contribution < -0.4 is 5.32 Å². The Morgan fingerprint density at radius 2 is 2.24 bits per heavy atom. The van der Waals surface area contributed by atoms with Gasteiger partial charge in [-0.25, -0.2) is 0 Å². The molecule has 1 aliphatic rings. The number of ether oxygens (including phenoxy) is 1. The fourth-order valence-corrected chi connectivity index (χ4v) is 2.58. The molecule has 1 heterocycles. The van der Waals surface area contributed by atoms with Gasteiger partial charge in [-0.1, -0.05) is 6.92 Å². The molecule has 0 aromatic rings. The Balaban J connectivity index is 2.22. The molecular weight excluding hydrogens is 212 g/mol. The predicted octanol–water partition coefficient (Wildman–Crippen LogP) is 2.12. The third-order valence-electron chi connectivity index (χ3n) is 3.72. The van der Waals surface area contributed by atoms with Crippen molar-refractivity contribution in [2.45, 2.75) is 46.1 Å². The number of rotatable bonds is 8. The van der Waals surface area contributed by atoms with Gasteiger partial charge in [-0.2, -0.15) is 0 Å². The van der Waals surface area contributed by atoms with Crippen molar-refractivity contribution in [1.82, 2.24) is 10.2 Å². The second kappa shape index (κ2) is 8.90. The number of nitrogens with one attached hydrogen (secondary N) is 1. The highest BCUT2D eigenvalue weighted by atomic mass is 16.5. The van der Waals surface area contributed by atoms with Gasteiger partial charge in [-0.05, 0) is 52.1 Å². The molecule has 0 spiro atoms. The number of piperidine rings is 1. The average Bonchev–Trinajstić information content (AvgIpc) is 2.36. The molecule has 1 rings (SSSR count). The Morgan fingerprint density at radius 3 is 2.94 bits per heavy atom. The Bertz CT molecular complexity index is 187. The van der Waals surface area contributed by atoms with Crippen LogP contribution in [0, 0.1) is 5.92 Å². The molecule has 2 unspecified atom stereocenters. The highest BCUT2D eigenvalue weighted by Gasteiger charge is 2.23. The predicted molar refractivity (Wildman–Crippen MR) is 73.4 cm³/mol. The molecule has 1 N–H and O–H groups in total. The maximum atomic E-state index is 5.44. The molecule has 0 saturated carbocycles. The molecule has 1 fully saturated rings. The van der Waals surface area contributed by atoms with E-state index in [1.54, 1.807) is 0 Å². The van der Waals surface area contributed by atoms with E-state index < -0.39 is 0 Å². The first-order valence-electron chi connectivity index (χ1n) is 7.31. The van der Waals surface area contributed by atoms with Crippen LogP contribution in [0.5, 0.6) is 0 Å². The van der Waals surface area contributed by atoms with Crippen LogP contribution in [0.4, 0.5) is 0 Å². The molecule has 3 nitrogen and oxygen atoms in total. The van der Waals surface area contributed by atoms with E-state index in [1.165, 1.54) is 32.4 Å². The van der Waals surface area contributed by atoms with Gasteiger partial charge in [0.15, 0.2) is 0 Å². The largest absolute Gasteiger partial charge is 0.380 e. The standard InChI is InChI=1S/C14H30N2O/c1-4-8-15-13(3)14-7-6-9-16(12-14)10-11-17-5-2/h13-15H,4-12H2,1-3H3. The quantitative estimate of drug-likeness (QED) is 0.660. The zero-order chi connectivity index (χ0) is 12.5. The molecule has 0 bridgehead atoms.